The standard InChI is InChI=1S/C28H35NO5.C27H33NO5.C26H31NO5.C25H29NO5.CH4/c1-19(30)25(16-6-5-7-17-26(31)34-28(2,3)4)29-27(32)33-18-24-22-14-10-8-12-20(22)21-13-9-11-15-23(21)24;1-18(29)24(15-9-10-16-25(30)33-27(2,3)4)28-26(31)32-17-23-21-13-7-5-11-19(21)20-12-6-8-14-22(20)23;1-17(28)23(14-9-15-24(29)32-26(2,3)4)27-25(30)31-16-22-20-12-7-5-10-18(20)19-11-6-8-13-21(19)22;1-16(27)22(13-14-23(28)31-25(2,3)4)26-24(29)30-15-21-19-11-7-5-9-17(19)18-10-6-8-12-20(18)21;/h8-15,24-25H,5-7,16-18H2,1-4H3,(H,29,32);5-8,11-14,23-24H,9-10,15-17H2,1-4H3,(H,28,31);5-8,10-13,22-23H,9,14-16H2,1-4H3,(H,27,30);5-12,21-22H,13-15H2,1-4H3,(H,26,29);1H4. The zero-order valence-electron chi connectivity index (χ0n) is 78.0. The van der Waals surface area contributed by atoms with Gasteiger partial charge < -0.3 is 59.2 Å². The first-order chi connectivity index (χ1) is 61.6. The maximum atomic E-state index is 12.5. The fourth-order valence-electron chi connectivity index (χ4n) is 16.3. The van der Waals surface area contributed by atoms with E-state index in [1.165, 1.54) is 38.8 Å². The van der Waals surface area contributed by atoms with Crippen LogP contribution in [0.2, 0.25) is 0 Å². The average Bonchev–Trinajstić information content (AvgIpc) is 1.63. The zero-order valence-corrected chi connectivity index (χ0v) is 78.0. The number of unbranched alkanes of at least 4 members (excludes halogenated alkanes) is 3. The summed E-state index contributed by atoms with van der Waals surface area (Å²) in [4.78, 5) is 145. The van der Waals surface area contributed by atoms with Gasteiger partial charge in [-0.2, -0.15) is 0 Å². The van der Waals surface area contributed by atoms with Crippen LogP contribution in [0.3, 0.4) is 0 Å². The molecule has 0 radical (unpaired) electrons. The molecule has 4 unspecified atom stereocenters. The Labute approximate surface area is 771 Å². The fourth-order valence-corrected chi connectivity index (χ4v) is 16.3. The van der Waals surface area contributed by atoms with Crippen molar-refractivity contribution < 1.29 is 95.4 Å². The number of benzene rings is 8. The van der Waals surface area contributed by atoms with Gasteiger partial charge in [-0.3, -0.25) is 38.4 Å². The van der Waals surface area contributed by atoms with E-state index in [-0.39, 0.29) is 124 Å². The minimum absolute atomic E-state index is 0. The lowest BCUT2D eigenvalue weighted by atomic mass is 9.98. The van der Waals surface area contributed by atoms with Crippen LogP contribution in [0.4, 0.5) is 19.2 Å². The lowest BCUT2D eigenvalue weighted by Gasteiger charge is -2.21. The number of Topliss-reactive ketones (excluding diaryl/α,β-unsaturated/α-hetero) is 4. The molecule has 24 nitrogen and oxygen atoms in total. The minimum atomic E-state index is -0.803. The Balaban J connectivity index is 0.000000215. The van der Waals surface area contributed by atoms with Crippen molar-refractivity contribution in [3.05, 3.63) is 239 Å². The Morgan fingerprint density at radius 2 is 0.420 bits per heavy atom. The third-order valence-corrected chi connectivity index (χ3v) is 22.2. The van der Waals surface area contributed by atoms with E-state index in [0.717, 1.165) is 90.7 Å². The van der Waals surface area contributed by atoms with Crippen molar-refractivity contribution in [2.75, 3.05) is 26.4 Å². The average molecular weight is 1790 g/mol. The molecule has 4 aliphatic rings. The van der Waals surface area contributed by atoms with Gasteiger partial charge in [-0.05, 0) is 245 Å². The number of fused-ring (bicyclic) bond motifs is 12. The molecule has 700 valence electrons. The second kappa shape index (κ2) is 48.3. The number of carbonyl (C=O) groups is 12. The minimum Gasteiger partial charge on any atom is -0.460 e. The van der Waals surface area contributed by atoms with Crippen molar-refractivity contribution in [3.8, 4) is 44.5 Å². The molecule has 4 amide bonds. The highest BCUT2D eigenvalue weighted by molar-refractivity contribution is 5.89. The van der Waals surface area contributed by atoms with Gasteiger partial charge in [-0.25, -0.2) is 19.2 Å². The molecule has 24 heteroatoms. The van der Waals surface area contributed by atoms with Crippen LogP contribution in [-0.4, -0.2) is 144 Å². The topological polar surface area (TPSA) is 327 Å². The van der Waals surface area contributed by atoms with E-state index < -0.39 is 76.9 Å². The number of hydrogen-bond acceptors (Lipinski definition) is 20. The molecule has 131 heavy (non-hydrogen) atoms. The molecular formula is C107H132N4O20. The highest BCUT2D eigenvalue weighted by atomic mass is 16.6. The number of hydrogen-bond donors (Lipinski definition) is 4. The predicted molar refractivity (Wildman–Crippen MR) is 505 cm³/mol. The normalized spacial score (nSPS) is 13.5. The van der Waals surface area contributed by atoms with Gasteiger partial charge in [0.2, 0.25) is 0 Å². The summed E-state index contributed by atoms with van der Waals surface area (Å²) in [5.74, 6) is -2.03. The maximum Gasteiger partial charge on any atom is 0.407 e. The monoisotopic (exact) mass is 1790 g/mol. The zero-order chi connectivity index (χ0) is 94.6. The van der Waals surface area contributed by atoms with Crippen molar-refractivity contribution in [1.82, 2.24) is 21.3 Å². The van der Waals surface area contributed by atoms with Gasteiger partial charge in [0.25, 0.3) is 0 Å². The van der Waals surface area contributed by atoms with Gasteiger partial charge >= 0.3 is 48.3 Å². The van der Waals surface area contributed by atoms with Crippen molar-refractivity contribution in [1.29, 1.82) is 0 Å². The van der Waals surface area contributed by atoms with Crippen LogP contribution in [0.25, 0.3) is 44.5 Å². The largest absolute Gasteiger partial charge is 0.460 e. The molecule has 0 spiro atoms. The third-order valence-electron chi connectivity index (χ3n) is 22.2. The Hall–Kier alpha value is -12.6. The van der Waals surface area contributed by atoms with E-state index in [4.69, 9.17) is 37.9 Å². The molecule has 0 heterocycles. The summed E-state index contributed by atoms with van der Waals surface area (Å²) in [6.07, 6.45) is 3.63. The van der Waals surface area contributed by atoms with E-state index in [0.29, 0.717) is 51.4 Å². The van der Waals surface area contributed by atoms with E-state index in [1.807, 2.05) is 172 Å². The second-order valence-electron chi connectivity index (χ2n) is 37.2. The van der Waals surface area contributed by atoms with Crippen LogP contribution in [0.5, 0.6) is 0 Å². The van der Waals surface area contributed by atoms with E-state index in [1.54, 1.807) is 20.8 Å². The van der Waals surface area contributed by atoms with Gasteiger partial charge in [0.05, 0.1) is 24.2 Å². The van der Waals surface area contributed by atoms with Crippen LogP contribution in [0.1, 0.15) is 276 Å². The van der Waals surface area contributed by atoms with Crippen LogP contribution in [0.15, 0.2) is 194 Å². The molecule has 0 aliphatic heterocycles. The summed E-state index contributed by atoms with van der Waals surface area (Å²) >= 11 is 0. The summed E-state index contributed by atoms with van der Waals surface area (Å²) in [5.41, 5.74) is 16.2. The predicted octanol–water partition coefficient (Wildman–Crippen LogP) is 21.4. The first-order valence-electron chi connectivity index (χ1n) is 45.0. The highest BCUT2D eigenvalue weighted by Gasteiger charge is 2.36. The highest BCUT2D eigenvalue weighted by Crippen LogP contribution is 2.49. The molecule has 8 aromatic rings. The quantitative estimate of drug-likeness (QED) is 0.0165. The molecule has 0 saturated carbocycles. The maximum absolute atomic E-state index is 12.5. The van der Waals surface area contributed by atoms with Crippen molar-refractivity contribution in [2.45, 2.75) is 278 Å². The second-order valence-corrected chi connectivity index (χ2v) is 37.2. The Morgan fingerprint density at radius 1 is 0.244 bits per heavy atom. The number of carbonyl (C=O) groups excluding carboxylic acids is 12. The molecule has 0 fully saturated rings. The summed E-state index contributed by atoms with van der Waals surface area (Å²) in [6.45, 7) is 28.2. The number of alkyl carbamates (subject to hydrolysis) is 4. The number of esters is 4. The third kappa shape index (κ3) is 31.9. The van der Waals surface area contributed by atoms with Crippen molar-refractivity contribution in [3.63, 3.8) is 0 Å². The summed E-state index contributed by atoms with van der Waals surface area (Å²) in [7, 11) is 0. The summed E-state index contributed by atoms with van der Waals surface area (Å²) < 4.78 is 43.2. The molecule has 4 aliphatic carbocycles. The molecule has 4 atom stereocenters. The first-order valence-corrected chi connectivity index (χ1v) is 45.0. The number of rotatable bonds is 34. The van der Waals surface area contributed by atoms with Crippen molar-refractivity contribution >= 4 is 71.4 Å². The van der Waals surface area contributed by atoms with E-state index >= 15 is 0 Å². The number of ketones is 4. The Bertz CT molecular complexity index is 5110. The molecular weight excluding hydrogens is 1660 g/mol. The van der Waals surface area contributed by atoms with E-state index in [9.17, 15) is 57.5 Å². The van der Waals surface area contributed by atoms with Crippen molar-refractivity contribution in [2.24, 2.45) is 0 Å². The first kappa shape index (κ1) is 104. The number of amides is 4. The Kier molecular flexibility index (Phi) is 38.3. The van der Waals surface area contributed by atoms with Crippen LogP contribution in [0, 0.1) is 0 Å². The van der Waals surface area contributed by atoms with Gasteiger partial charge in [0.15, 0.2) is 23.1 Å². The molecule has 12 rings (SSSR count). The molecule has 8 aromatic carbocycles. The van der Waals surface area contributed by atoms with Crippen LogP contribution in [-0.2, 0) is 76.3 Å². The SMILES string of the molecule is C.CC(=O)C(CCC(=O)OC(C)(C)C)NC(=O)OCC1c2ccccc2-c2ccccc21.CC(=O)C(CCCC(=O)OC(C)(C)C)NC(=O)OCC1c2ccccc2-c2ccccc21.CC(=O)C(CCCCC(=O)OC(C)(C)C)NC(=O)OCC1c2ccccc2-c2ccccc21.CC(=O)C(CCCCCC(=O)OC(C)(C)C)NC(=O)OCC1c2ccccc2-c2ccccc21. The lowest BCUT2D eigenvalue weighted by Crippen LogP contribution is -2.41. The Morgan fingerprint density at radius 3 is 0.634 bits per heavy atom. The number of nitrogens with one attached hydrogen (secondary N) is 4. The van der Waals surface area contributed by atoms with Crippen LogP contribution < -0.4 is 21.3 Å². The van der Waals surface area contributed by atoms with Gasteiger partial charge in [-0.1, -0.05) is 221 Å². The van der Waals surface area contributed by atoms with Crippen LogP contribution >= 0.6 is 0 Å². The summed E-state index contributed by atoms with van der Waals surface area (Å²) in [6, 6.07) is 62.2. The van der Waals surface area contributed by atoms with E-state index in [2.05, 4.69) is 106 Å². The summed E-state index contributed by atoms with van der Waals surface area (Å²) in [5, 5.41) is 10.6. The van der Waals surface area contributed by atoms with Gasteiger partial charge in [-0.15, -0.1) is 0 Å². The fraction of sp³-hybridized carbons (Fsp3) is 0.439. The van der Waals surface area contributed by atoms with Gasteiger partial charge in [0, 0.05) is 49.4 Å². The smallest absolute Gasteiger partial charge is 0.407 e. The number of ether oxygens (including phenoxy) is 8. The molecule has 0 bridgehead atoms. The molecule has 0 saturated heterocycles. The van der Waals surface area contributed by atoms with Gasteiger partial charge in [0.1, 0.15) is 48.8 Å². The lowest BCUT2D eigenvalue weighted by molar-refractivity contribution is -0.156. The molecule has 0 aromatic heterocycles. The molecule has 4 N–H and O–H groups in total.